The lowest BCUT2D eigenvalue weighted by molar-refractivity contribution is -0.140. The number of nitrogens with one attached hydrogen (secondary N) is 1. The minimum absolute atomic E-state index is 0.147. The maximum Gasteiger partial charge on any atom is 0.305 e. The molecule has 1 N–H and O–H groups in total. The zero-order chi connectivity index (χ0) is 24.9. The number of fused-ring (bicyclic) bond motifs is 1. The molecule has 35 heavy (non-hydrogen) atoms. The molecule has 3 aromatic carbocycles. The maximum atomic E-state index is 13.0. The largest absolute Gasteiger partial charge is 0.497 e. The third-order valence-electron chi connectivity index (χ3n) is 5.74. The number of carbonyl (C=O) groups is 2. The molecule has 0 aliphatic rings. The van der Waals surface area contributed by atoms with E-state index in [-0.39, 0.29) is 18.5 Å². The summed E-state index contributed by atoms with van der Waals surface area (Å²) in [7, 11) is 3.03. The Bertz CT molecular complexity index is 1130. The van der Waals surface area contributed by atoms with Crippen LogP contribution in [0.25, 0.3) is 10.8 Å². The van der Waals surface area contributed by atoms with Crippen LogP contribution in [-0.2, 0) is 20.7 Å². The van der Waals surface area contributed by atoms with E-state index in [1.165, 1.54) is 7.11 Å². The number of ether oxygens (including phenoxy) is 3. The lowest BCUT2D eigenvalue weighted by Crippen LogP contribution is -2.29. The van der Waals surface area contributed by atoms with Gasteiger partial charge in [0.15, 0.2) is 0 Å². The van der Waals surface area contributed by atoms with Gasteiger partial charge in [-0.15, -0.1) is 0 Å². The number of benzene rings is 3. The number of amides is 1. The van der Waals surface area contributed by atoms with Crippen molar-refractivity contribution in [2.45, 2.75) is 32.1 Å². The van der Waals surface area contributed by atoms with Gasteiger partial charge in [-0.2, -0.15) is 0 Å². The highest BCUT2D eigenvalue weighted by Crippen LogP contribution is 2.25. The average Bonchev–Trinajstić information content (AvgIpc) is 2.90. The summed E-state index contributed by atoms with van der Waals surface area (Å²) in [4.78, 5) is 24.3. The Morgan fingerprint density at radius 1 is 0.914 bits per heavy atom. The van der Waals surface area contributed by atoms with E-state index in [2.05, 4.69) is 10.1 Å². The molecule has 0 aromatic heterocycles. The lowest BCUT2D eigenvalue weighted by atomic mass is 10.1. The molecule has 0 heterocycles. The Kier molecular flexibility index (Phi) is 10.2. The molecule has 6 nitrogen and oxygen atoms in total. The Labute approximate surface area is 206 Å². The topological polar surface area (TPSA) is 73.9 Å². The highest BCUT2D eigenvalue weighted by molar-refractivity contribution is 5.94. The fourth-order valence-electron chi connectivity index (χ4n) is 3.71. The van der Waals surface area contributed by atoms with Gasteiger partial charge in [-0.3, -0.25) is 9.59 Å². The zero-order valence-corrected chi connectivity index (χ0v) is 20.4. The molecule has 0 radical (unpaired) electrons. The number of esters is 1. The molecular weight excluding hydrogens is 442 g/mol. The van der Waals surface area contributed by atoms with Crippen LogP contribution in [0.2, 0.25) is 0 Å². The number of unbranched alkanes of at least 4 members (excludes halogenated alkanes) is 2. The van der Waals surface area contributed by atoms with Gasteiger partial charge in [0, 0.05) is 18.4 Å². The van der Waals surface area contributed by atoms with Gasteiger partial charge in [0.05, 0.1) is 19.8 Å². The second kappa shape index (κ2) is 13.8. The molecule has 6 heteroatoms. The molecule has 3 aromatic rings. The molecule has 0 bridgehead atoms. The summed E-state index contributed by atoms with van der Waals surface area (Å²) in [5.74, 6) is 1.18. The minimum atomic E-state index is -0.218. The van der Waals surface area contributed by atoms with Gasteiger partial charge in [0.25, 0.3) is 0 Å². The van der Waals surface area contributed by atoms with Gasteiger partial charge < -0.3 is 19.5 Å². The second-order valence-corrected chi connectivity index (χ2v) is 8.17. The zero-order valence-electron chi connectivity index (χ0n) is 20.4. The molecule has 0 unspecified atom stereocenters. The number of carbonyl (C=O) groups excluding carboxylic acids is 2. The van der Waals surface area contributed by atoms with Gasteiger partial charge >= 0.3 is 5.97 Å². The van der Waals surface area contributed by atoms with Crippen LogP contribution in [0.5, 0.6) is 11.5 Å². The molecule has 3 rings (SSSR count). The van der Waals surface area contributed by atoms with Gasteiger partial charge in [-0.05, 0) is 54.8 Å². The summed E-state index contributed by atoms with van der Waals surface area (Å²) < 4.78 is 16.0. The van der Waals surface area contributed by atoms with Crippen molar-refractivity contribution in [2.75, 3.05) is 27.4 Å². The van der Waals surface area contributed by atoms with Crippen molar-refractivity contribution in [2.24, 2.45) is 0 Å². The molecule has 0 spiro atoms. The molecule has 0 atom stereocenters. The first-order valence-corrected chi connectivity index (χ1v) is 11.9. The fraction of sp³-hybridized carbons (Fsp3) is 0.310. The number of rotatable bonds is 13. The van der Waals surface area contributed by atoms with Crippen molar-refractivity contribution in [1.29, 1.82) is 0 Å². The van der Waals surface area contributed by atoms with Crippen molar-refractivity contribution in [3.05, 3.63) is 83.9 Å². The van der Waals surface area contributed by atoms with Crippen molar-refractivity contribution in [3.8, 4) is 11.5 Å². The third kappa shape index (κ3) is 8.18. The van der Waals surface area contributed by atoms with Crippen molar-refractivity contribution >= 4 is 22.6 Å². The third-order valence-corrected chi connectivity index (χ3v) is 5.74. The van der Waals surface area contributed by atoms with E-state index < -0.39 is 0 Å². The van der Waals surface area contributed by atoms with Crippen LogP contribution in [0, 0.1) is 0 Å². The summed E-state index contributed by atoms with van der Waals surface area (Å²) in [6.07, 6.45) is 5.17. The van der Waals surface area contributed by atoms with E-state index in [9.17, 15) is 9.59 Å². The molecule has 184 valence electrons. The first-order chi connectivity index (χ1) is 17.1. The van der Waals surface area contributed by atoms with Gasteiger partial charge in [0.2, 0.25) is 5.91 Å². The first-order valence-electron chi connectivity index (χ1n) is 11.9. The van der Waals surface area contributed by atoms with E-state index in [1.54, 1.807) is 7.11 Å². The average molecular weight is 476 g/mol. The second-order valence-electron chi connectivity index (χ2n) is 8.17. The van der Waals surface area contributed by atoms with Crippen molar-refractivity contribution < 1.29 is 23.8 Å². The highest BCUT2D eigenvalue weighted by atomic mass is 16.5. The quantitative estimate of drug-likeness (QED) is 0.208. The van der Waals surface area contributed by atoms with Crippen LogP contribution in [-0.4, -0.2) is 39.2 Å². The van der Waals surface area contributed by atoms with Crippen LogP contribution in [0.1, 0.15) is 31.2 Å². The van der Waals surface area contributed by atoms with E-state index in [4.69, 9.17) is 9.47 Å². The predicted octanol–water partition coefficient (Wildman–Crippen LogP) is 5.25. The van der Waals surface area contributed by atoms with E-state index in [0.717, 1.165) is 34.3 Å². The maximum absolute atomic E-state index is 13.0. The van der Waals surface area contributed by atoms with E-state index in [1.807, 2.05) is 72.8 Å². The molecule has 1 amide bonds. The standard InChI is InChI=1S/C29H33NO5/c1-33-25-17-15-22(16-18-25)19-20-30-29(32)24(10-4-3-5-14-28(31)34-2)21-35-27-13-8-11-23-9-6-7-12-26(23)27/h6-13,15-18H,3-5,14,19-21H2,1-2H3,(H,30,32)/b24-10+. The number of allylic oxidation sites excluding steroid dienone is 1. The Hall–Kier alpha value is -3.80. The van der Waals surface area contributed by atoms with Crippen LogP contribution in [0.3, 0.4) is 0 Å². The summed E-state index contributed by atoms with van der Waals surface area (Å²) >= 11 is 0. The molecule has 0 saturated carbocycles. The van der Waals surface area contributed by atoms with Crippen LogP contribution >= 0.6 is 0 Å². The first kappa shape index (κ1) is 25.8. The summed E-state index contributed by atoms with van der Waals surface area (Å²) in [6, 6.07) is 21.7. The highest BCUT2D eigenvalue weighted by Gasteiger charge is 2.12. The van der Waals surface area contributed by atoms with Crippen LogP contribution < -0.4 is 14.8 Å². The van der Waals surface area contributed by atoms with Gasteiger partial charge in [-0.25, -0.2) is 0 Å². The summed E-state index contributed by atoms with van der Waals surface area (Å²) in [5.41, 5.74) is 1.69. The van der Waals surface area contributed by atoms with E-state index in [0.29, 0.717) is 37.8 Å². The van der Waals surface area contributed by atoms with Crippen LogP contribution in [0.15, 0.2) is 78.4 Å². The van der Waals surface area contributed by atoms with Crippen molar-refractivity contribution in [1.82, 2.24) is 5.32 Å². The smallest absolute Gasteiger partial charge is 0.305 e. The van der Waals surface area contributed by atoms with Crippen LogP contribution in [0.4, 0.5) is 0 Å². The fourth-order valence-corrected chi connectivity index (χ4v) is 3.71. The number of hydrogen-bond donors (Lipinski definition) is 1. The predicted molar refractivity (Wildman–Crippen MR) is 138 cm³/mol. The van der Waals surface area contributed by atoms with E-state index >= 15 is 0 Å². The monoisotopic (exact) mass is 475 g/mol. The van der Waals surface area contributed by atoms with Crippen molar-refractivity contribution in [3.63, 3.8) is 0 Å². The summed E-state index contributed by atoms with van der Waals surface area (Å²) in [6.45, 7) is 0.679. The van der Waals surface area contributed by atoms with Gasteiger partial charge in [0.1, 0.15) is 18.1 Å². The molecule has 0 aliphatic carbocycles. The molecular formula is C29H33NO5. The normalized spacial score (nSPS) is 11.2. The molecule has 0 fully saturated rings. The molecule has 0 saturated heterocycles. The Balaban J connectivity index is 1.61. The Morgan fingerprint density at radius 2 is 1.69 bits per heavy atom. The minimum Gasteiger partial charge on any atom is -0.497 e. The number of hydrogen-bond acceptors (Lipinski definition) is 5. The lowest BCUT2D eigenvalue weighted by Gasteiger charge is -2.13. The Morgan fingerprint density at radius 3 is 2.46 bits per heavy atom. The van der Waals surface area contributed by atoms with Gasteiger partial charge in [-0.1, -0.05) is 54.6 Å². The SMILES string of the molecule is COC(=O)CCCC/C=C(\COc1cccc2ccccc12)C(=O)NCCc1ccc(OC)cc1. The molecule has 0 aliphatic heterocycles. The number of methoxy groups -OCH3 is 2. The summed E-state index contributed by atoms with van der Waals surface area (Å²) in [5, 5.41) is 5.10.